The zero-order valence-corrected chi connectivity index (χ0v) is 7.45. The van der Waals surface area contributed by atoms with Gasteiger partial charge in [-0.1, -0.05) is 0 Å². The highest BCUT2D eigenvalue weighted by Crippen LogP contribution is 2.11. The number of hydrogen-bond acceptors (Lipinski definition) is 3. The molecule has 1 N–H and O–H groups in total. The van der Waals surface area contributed by atoms with Crippen LogP contribution in [-0.2, 0) is 4.79 Å². The molecule has 0 aliphatic rings. The summed E-state index contributed by atoms with van der Waals surface area (Å²) in [6, 6.07) is 0. The van der Waals surface area contributed by atoms with E-state index < -0.39 is 5.38 Å². The molecule has 0 aromatic carbocycles. The van der Waals surface area contributed by atoms with E-state index in [9.17, 15) is 4.79 Å². The van der Waals surface area contributed by atoms with Gasteiger partial charge in [-0.3, -0.25) is 4.79 Å². The fraction of sp³-hybridized carbons (Fsp3) is 0.333. The van der Waals surface area contributed by atoms with Crippen LogP contribution < -0.4 is 5.32 Å². The normalized spacial score (nSPS) is 12.5. The van der Waals surface area contributed by atoms with Crippen molar-refractivity contribution >= 4 is 34.0 Å². The molecule has 1 atom stereocenters. The lowest BCUT2D eigenvalue weighted by Gasteiger charge is -2.00. The van der Waals surface area contributed by atoms with Crippen molar-refractivity contribution in [2.45, 2.75) is 12.3 Å². The number of amides is 1. The summed E-state index contributed by atoms with van der Waals surface area (Å²) in [5, 5.41) is 4.41. The first kappa shape index (κ1) is 8.49. The van der Waals surface area contributed by atoms with E-state index in [4.69, 9.17) is 11.6 Å². The molecule has 0 saturated carbocycles. The topological polar surface area (TPSA) is 42.0 Å². The zero-order chi connectivity index (χ0) is 8.27. The summed E-state index contributed by atoms with van der Waals surface area (Å²) < 4.78 is 0. The summed E-state index contributed by atoms with van der Waals surface area (Å²) >= 11 is 6.88. The van der Waals surface area contributed by atoms with Crippen molar-refractivity contribution in [2.24, 2.45) is 0 Å². The van der Waals surface area contributed by atoms with E-state index in [0.29, 0.717) is 5.13 Å². The van der Waals surface area contributed by atoms with Crippen molar-refractivity contribution in [2.75, 3.05) is 5.32 Å². The molecule has 3 nitrogen and oxygen atoms in total. The highest BCUT2D eigenvalue weighted by molar-refractivity contribution is 7.13. The summed E-state index contributed by atoms with van der Waals surface area (Å²) in [5.41, 5.74) is 0. The number of nitrogens with one attached hydrogen (secondary N) is 1. The summed E-state index contributed by atoms with van der Waals surface area (Å²) in [6.45, 7) is 1.62. The largest absolute Gasteiger partial charge is 0.301 e. The van der Waals surface area contributed by atoms with E-state index in [1.165, 1.54) is 11.3 Å². The maximum Gasteiger partial charge on any atom is 0.243 e. The molecule has 0 unspecified atom stereocenters. The Labute approximate surface area is 73.4 Å². The van der Waals surface area contributed by atoms with Gasteiger partial charge in [-0.15, -0.1) is 22.9 Å². The van der Waals surface area contributed by atoms with Gasteiger partial charge >= 0.3 is 0 Å². The summed E-state index contributed by atoms with van der Waals surface area (Å²) in [5.74, 6) is -0.221. The third-order valence-corrected chi connectivity index (χ3v) is 1.91. The van der Waals surface area contributed by atoms with Crippen molar-refractivity contribution in [3.63, 3.8) is 0 Å². The lowest BCUT2D eigenvalue weighted by atomic mass is 10.4. The average molecular weight is 191 g/mol. The Bertz CT molecular complexity index is 235. The fourth-order valence-electron chi connectivity index (χ4n) is 0.490. The standard InChI is InChI=1S/C6H7ClN2OS/c1-4(7)5(10)9-6-8-2-3-11-6/h2-4H,1H3,(H,8,9,10)/t4-/m1/s1. The van der Waals surface area contributed by atoms with Crippen LogP contribution in [0.4, 0.5) is 5.13 Å². The Morgan fingerprint density at radius 3 is 3.09 bits per heavy atom. The molecule has 1 amide bonds. The molecule has 0 fully saturated rings. The Kier molecular flexibility index (Phi) is 2.84. The molecular formula is C6H7ClN2OS. The number of carbonyl (C=O) groups is 1. The number of alkyl halides is 1. The predicted octanol–water partition coefficient (Wildman–Crippen LogP) is 1.71. The van der Waals surface area contributed by atoms with Gasteiger partial charge in [-0.2, -0.15) is 0 Å². The second kappa shape index (κ2) is 3.69. The first-order valence-electron chi connectivity index (χ1n) is 3.04. The molecule has 1 heterocycles. The predicted molar refractivity (Wildman–Crippen MR) is 46.1 cm³/mol. The Hall–Kier alpha value is -0.610. The maximum atomic E-state index is 10.9. The zero-order valence-electron chi connectivity index (χ0n) is 5.87. The molecule has 1 aromatic rings. The van der Waals surface area contributed by atoms with Crippen molar-refractivity contribution in [1.29, 1.82) is 0 Å². The lowest BCUT2D eigenvalue weighted by molar-refractivity contribution is -0.115. The number of nitrogens with zero attached hydrogens (tertiary/aromatic N) is 1. The molecule has 5 heteroatoms. The van der Waals surface area contributed by atoms with Gasteiger partial charge in [0.2, 0.25) is 5.91 Å². The number of aromatic nitrogens is 1. The van der Waals surface area contributed by atoms with Crippen molar-refractivity contribution in [3.05, 3.63) is 11.6 Å². The monoisotopic (exact) mass is 190 g/mol. The quantitative estimate of drug-likeness (QED) is 0.722. The highest BCUT2D eigenvalue weighted by atomic mass is 35.5. The van der Waals surface area contributed by atoms with E-state index in [1.54, 1.807) is 18.5 Å². The van der Waals surface area contributed by atoms with Crippen molar-refractivity contribution in [3.8, 4) is 0 Å². The second-order valence-corrected chi connectivity index (χ2v) is 3.49. The van der Waals surface area contributed by atoms with Gasteiger partial charge < -0.3 is 5.32 Å². The van der Waals surface area contributed by atoms with E-state index in [-0.39, 0.29) is 5.91 Å². The highest BCUT2D eigenvalue weighted by Gasteiger charge is 2.09. The minimum atomic E-state index is -0.515. The lowest BCUT2D eigenvalue weighted by Crippen LogP contribution is -2.19. The van der Waals surface area contributed by atoms with Crippen LogP contribution >= 0.6 is 22.9 Å². The molecule has 0 bridgehead atoms. The van der Waals surface area contributed by atoms with Gasteiger partial charge in [-0.05, 0) is 6.92 Å². The van der Waals surface area contributed by atoms with Gasteiger partial charge in [0.05, 0.1) is 0 Å². The number of halogens is 1. The van der Waals surface area contributed by atoms with Crippen LogP contribution in [0.1, 0.15) is 6.92 Å². The van der Waals surface area contributed by atoms with E-state index in [1.807, 2.05) is 0 Å². The van der Waals surface area contributed by atoms with E-state index in [0.717, 1.165) is 0 Å². The van der Waals surface area contributed by atoms with Crippen LogP contribution in [0.5, 0.6) is 0 Å². The maximum absolute atomic E-state index is 10.9. The van der Waals surface area contributed by atoms with Crippen LogP contribution in [0.2, 0.25) is 0 Å². The molecule has 0 aliphatic heterocycles. The van der Waals surface area contributed by atoms with E-state index >= 15 is 0 Å². The minimum Gasteiger partial charge on any atom is -0.301 e. The average Bonchev–Trinajstić information content (AvgIpc) is 2.39. The number of rotatable bonds is 2. The van der Waals surface area contributed by atoms with E-state index in [2.05, 4.69) is 10.3 Å². The van der Waals surface area contributed by atoms with Gasteiger partial charge in [0.25, 0.3) is 0 Å². The third kappa shape index (κ3) is 2.48. The second-order valence-electron chi connectivity index (χ2n) is 1.94. The van der Waals surface area contributed by atoms with Gasteiger partial charge in [0.15, 0.2) is 5.13 Å². The van der Waals surface area contributed by atoms with Gasteiger partial charge in [0, 0.05) is 11.6 Å². The number of anilines is 1. The van der Waals surface area contributed by atoms with Crippen LogP contribution in [0.15, 0.2) is 11.6 Å². The Morgan fingerprint density at radius 2 is 2.64 bits per heavy atom. The van der Waals surface area contributed by atoms with Crippen LogP contribution in [0, 0.1) is 0 Å². The Morgan fingerprint density at radius 1 is 1.91 bits per heavy atom. The van der Waals surface area contributed by atoms with Crippen molar-refractivity contribution < 1.29 is 4.79 Å². The number of hydrogen-bond donors (Lipinski definition) is 1. The number of thiazole rings is 1. The molecule has 1 rings (SSSR count). The SMILES string of the molecule is C[C@@H](Cl)C(=O)Nc1nccs1. The molecule has 0 saturated heterocycles. The molecule has 0 radical (unpaired) electrons. The minimum absolute atomic E-state index is 0.221. The smallest absolute Gasteiger partial charge is 0.243 e. The van der Waals surface area contributed by atoms with Crippen LogP contribution in [0.25, 0.3) is 0 Å². The van der Waals surface area contributed by atoms with Gasteiger partial charge in [-0.25, -0.2) is 4.98 Å². The summed E-state index contributed by atoms with van der Waals surface area (Å²) in [4.78, 5) is 14.8. The van der Waals surface area contributed by atoms with Crippen LogP contribution in [0.3, 0.4) is 0 Å². The number of carbonyl (C=O) groups excluding carboxylic acids is 1. The molecule has 0 spiro atoms. The fourth-order valence-corrected chi connectivity index (χ4v) is 1.08. The van der Waals surface area contributed by atoms with Gasteiger partial charge in [0.1, 0.15) is 5.38 Å². The third-order valence-electron chi connectivity index (χ3n) is 1.02. The van der Waals surface area contributed by atoms with Crippen LogP contribution in [-0.4, -0.2) is 16.3 Å². The molecule has 1 aromatic heterocycles. The molecule has 60 valence electrons. The molecule has 0 aliphatic carbocycles. The Balaban J connectivity index is 2.50. The van der Waals surface area contributed by atoms with Crippen molar-refractivity contribution in [1.82, 2.24) is 4.98 Å². The summed E-state index contributed by atoms with van der Waals surface area (Å²) in [7, 11) is 0. The molecule has 11 heavy (non-hydrogen) atoms. The summed E-state index contributed by atoms with van der Waals surface area (Å²) in [6.07, 6.45) is 1.62. The molecular weight excluding hydrogens is 184 g/mol. The first-order chi connectivity index (χ1) is 5.20. The first-order valence-corrected chi connectivity index (χ1v) is 4.36.